The van der Waals surface area contributed by atoms with E-state index >= 15 is 0 Å². The zero-order chi connectivity index (χ0) is 18.2. The SMILES string of the molecule is CC(=O)N1CCC2(CC1)COc1ncccc1S(=O)(=O)N(C(C)C)C2. The summed E-state index contributed by atoms with van der Waals surface area (Å²) in [4.78, 5) is 17.7. The van der Waals surface area contributed by atoms with Crippen molar-refractivity contribution in [3.8, 4) is 5.88 Å². The number of carbonyl (C=O) groups is 1. The number of sulfonamides is 1. The molecule has 2 aliphatic rings. The summed E-state index contributed by atoms with van der Waals surface area (Å²) < 4.78 is 33.7. The Kier molecular flexibility index (Phi) is 4.76. The van der Waals surface area contributed by atoms with Gasteiger partial charge in [-0.25, -0.2) is 13.4 Å². The molecule has 0 N–H and O–H groups in total. The Morgan fingerprint density at radius 2 is 2.00 bits per heavy atom. The standard InChI is InChI=1S/C17H25N3O4S/c1-13(2)20-11-17(6-9-19(10-7-17)14(3)21)12-24-16-15(25(20,22)23)5-4-8-18-16/h4-5,8,13H,6-7,9-12H2,1-3H3. The van der Waals surface area contributed by atoms with Crippen molar-refractivity contribution in [3.63, 3.8) is 0 Å². The molecule has 0 radical (unpaired) electrons. The van der Waals surface area contributed by atoms with E-state index in [1.807, 2.05) is 18.7 Å². The minimum Gasteiger partial charge on any atom is -0.476 e. The van der Waals surface area contributed by atoms with Gasteiger partial charge in [-0.05, 0) is 38.8 Å². The zero-order valence-electron chi connectivity index (χ0n) is 14.9. The minimum absolute atomic E-state index is 0.0574. The molecule has 1 aromatic rings. The van der Waals surface area contributed by atoms with Gasteiger partial charge in [-0.1, -0.05) is 0 Å². The highest BCUT2D eigenvalue weighted by atomic mass is 32.2. The van der Waals surface area contributed by atoms with E-state index in [0.29, 0.717) is 39.1 Å². The van der Waals surface area contributed by atoms with Gasteiger partial charge in [0, 0.05) is 44.2 Å². The average Bonchev–Trinajstić information content (AvgIpc) is 2.57. The minimum atomic E-state index is -3.68. The number of hydrogen-bond acceptors (Lipinski definition) is 5. The molecule has 0 aliphatic carbocycles. The summed E-state index contributed by atoms with van der Waals surface area (Å²) in [6.07, 6.45) is 2.97. The van der Waals surface area contributed by atoms with Crippen LogP contribution in [0.4, 0.5) is 0 Å². The lowest BCUT2D eigenvalue weighted by Gasteiger charge is -2.45. The summed E-state index contributed by atoms with van der Waals surface area (Å²) in [6, 6.07) is 2.99. The van der Waals surface area contributed by atoms with E-state index in [2.05, 4.69) is 4.98 Å². The van der Waals surface area contributed by atoms with Crippen LogP contribution in [0.2, 0.25) is 0 Å². The third-order valence-electron chi connectivity index (χ3n) is 5.17. The van der Waals surface area contributed by atoms with Gasteiger partial charge in [-0.15, -0.1) is 0 Å². The predicted octanol–water partition coefficient (Wildman–Crippen LogP) is 1.50. The van der Waals surface area contributed by atoms with Crippen molar-refractivity contribution in [3.05, 3.63) is 18.3 Å². The van der Waals surface area contributed by atoms with E-state index in [1.54, 1.807) is 29.6 Å². The fraction of sp³-hybridized carbons (Fsp3) is 0.647. The second kappa shape index (κ2) is 6.57. The van der Waals surface area contributed by atoms with Crippen molar-refractivity contribution in [1.29, 1.82) is 0 Å². The third-order valence-corrected chi connectivity index (χ3v) is 7.21. The number of pyridine rings is 1. The van der Waals surface area contributed by atoms with E-state index in [-0.39, 0.29) is 28.1 Å². The van der Waals surface area contributed by atoms with Crippen LogP contribution in [0.15, 0.2) is 23.2 Å². The van der Waals surface area contributed by atoms with Gasteiger partial charge >= 0.3 is 0 Å². The van der Waals surface area contributed by atoms with E-state index in [1.165, 1.54) is 0 Å². The quantitative estimate of drug-likeness (QED) is 0.751. The molecule has 0 bridgehead atoms. The number of carbonyl (C=O) groups excluding carboxylic acids is 1. The second-order valence-electron chi connectivity index (χ2n) is 7.25. The molecule has 8 heteroatoms. The molecular formula is C17H25N3O4S. The first-order valence-corrected chi connectivity index (χ1v) is 10.0. The van der Waals surface area contributed by atoms with Crippen LogP contribution in [0, 0.1) is 5.41 Å². The fourth-order valence-corrected chi connectivity index (χ4v) is 5.38. The lowest BCUT2D eigenvalue weighted by Crippen LogP contribution is -2.53. The molecule has 1 spiro atoms. The average molecular weight is 367 g/mol. The summed E-state index contributed by atoms with van der Waals surface area (Å²) in [6.45, 7) is 7.38. The van der Waals surface area contributed by atoms with E-state index in [9.17, 15) is 13.2 Å². The zero-order valence-corrected chi connectivity index (χ0v) is 15.8. The Morgan fingerprint density at radius 1 is 1.32 bits per heavy atom. The maximum Gasteiger partial charge on any atom is 0.248 e. The Labute approximate surface area is 149 Å². The third kappa shape index (κ3) is 3.37. The molecule has 7 nitrogen and oxygen atoms in total. The van der Waals surface area contributed by atoms with E-state index in [4.69, 9.17) is 4.74 Å². The number of nitrogens with zero attached hydrogens (tertiary/aromatic N) is 3. The highest BCUT2D eigenvalue weighted by Crippen LogP contribution is 2.39. The number of fused-ring (bicyclic) bond motifs is 1. The van der Waals surface area contributed by atoms with Gasteiger partial charge in [-0.2, -0.15) is 4.31 Å². The molecule has 0 unspecified atom stereocenters. The largest absolute Gasteiger partial charge is 0.476 e. The Bertz CT molecular complexity index is 755. The first-order chi connectivity index (χ1) is 11.8. The Hall–Kier alpha value is -1.67. The van der Waals surface area contributed by atoms with Gasteiger partial charge in [0.15, 0.2) is 0 Å². The van der Waals surface area contributed by atoms with Crippen LogP contribution >= 0.6 is 0 Å². The van der Waals surface area contributed by atoms with Gasteiger partial charge < -0.3 is 9.64 Å². The molecule has 25 heavy (non-hydrogen) atoms. The summed E-state index contributed by atoms with van der Waals surface area (Å²) in [7, 11) is -3.68. The van der Waals surface area contributed by atoms with Crippen molar-refractivity contribution in [2.45, 2.75) is 44.6 Å². The number of piperidine rings is 1. The molecular weight excluding hydrogens is 342 g/mol. The maximum atomic E-state index is 13.2. The van der Waals surface area contributed by atoms with Crippen LogP contribution in [0.3, 0.4) is 0 Å². The molecule has 2 aliphatic heterocycles. The molecule has 1 fully saturated rings. The molecule has 1 aromatic heterocycles. The molecule has 0 atom stereocenters. The van der Waals surface area contributed by atoms with Gasteiger partial charge in [0.1, 0.15) is 4.90 Å². The summed E-state index contributed by atoms with van der Waals surface area (Å²) in [5, 5.41) is 0. The number of likely N-dealkylation sites (tertiary alicyclic amines) is 1. The maximum absolute atomic E-state index is 13.2. The topological polar surface area (TPSA) is 79.8 Å². The van der Waals surface area contributed by atoms with Gasteiger partial charge in [0.25, 0.3) is 0 Å². The fourth-order valence-electron chi connectivity index (χ4n) is 3.55. The lowest BCUT2D eigenvalue weighted by atomic mass is 9.78. The summed E-state index contributed by atoms with van der Waals surface area (Å²) in [5.41, 5.74) is -0.307. The second-order valence-corrected chi connectivity index (χ2v) is 9.10. The van der Waals surface area contributed by atoms with Crippen LogP contribution in [0.5, 0.6) is 5.88 Å². The first kappa shape index (κ1) is 18.1. The van der Waals surface area contributed by atoms with Crippen molar-refractivity contribution >= 4 is 15.9 Å². The van der Waals surface area contributed by atoms with E-state index in [0.717, 1.165) is 0 Å². The molecule has 0 saturated carbocycles. The number of rotatable bonds is 1. The van der Waals surface area contributed by atoms with Crippen molar-refractivity contribution in [1.82, 2.24) is 14.2 Å². The van der Waals surface area contributed by atoms with Crippen LogP contribution in [0.1, 0.15) is 33.6 Å². The number of amides is 1. The summed E-state index contributed by atoms with van der Waals surface area (Å²) >= 11 is 0. The Balaban J connectivity index is 1.98. The smallest absolute Gasteiger partial charge is 0.248 e. The lowest BCUT2D eigenvalue weighted by molar-refractivity contribution is -0.131. The van der Waals surface area contributed by atoms with Gasteiger partial charge in [0.2, 0.25) is 21.8 Å². The normalized spacial score (nSPS) is 22.8. The van der Waals surface area contributed by atoms with Crippen molar-refractivity contribution in [2.24, 2.45) is 5.41 Å². The predicted molar refractivity (Wildman–Crippen MR) is 92.7 cm³/mol. The molecule has 1 saturated heterocycles. The number of aromatic nitrogens is 1. The molecule has 3 heterocycles. The van der Waals surface area contributed by atoms with Crippen LogP contribution < -0.4 is 4.74 Å². The van der Waals surface area contributed by atoms with Crippen LogP contribution in [-0.2, 0) is 14.8 Å². The van der Waals surface area contributed by atoms with Crippen LogP contribution in [-0.4, -0.2) is 60.8 Å². The number of hydrogen-bond donors (Lipinski definition) is 0. The first-order valence-electron chi connectivity index (χ1n) is 8.60. The monoisotopic (exact) mass is 367 g/mol. The highest BCUT2D eigenvalue weighted by molar-refractivity contribution is 7.89. The van der Waals surface area contributed by atoms with Gasteiger partial charge in [0.05, 0.1) is 6.61 Å². The van der Waals surface area contributed by atoms with E-state index < -0.39 is 10.0 Å². The summed E-state index contributed by atoms with van der Waals surface area (Å²) in [5.74, 6) is 0.225. The molecule has 0 aromatic carbocycles. The van der Waals surface area contributed by atoms with Crippen LogP contribution in [0.25, 0.3) is 0 Å². The molecule has 138 valence electrons. The van der Waals surface area contributed by atoms with Crippen molar-refractivity contribution in [2.75, 3.05) is 26.2 Å². The highest BCUT2D eigenvalue weighted by Gasteiger charge is 2.44. The van der Waals surface area contributed by atoms with Gasteiger partial charge in [-0.3, -0.25) is 4.79 Å². The molecule has 3 rings (SSSR count). The Morgan fingerprint density at radius 3 is 2.60 bits per heavy atom. The van der Waals surface area contributed by atoms with Crippen molar-refractivity contribution < 1.29 is 17.9 Å². The number of ether oxygens (including phenoxy) is 1. The molecule has 1 amide bonds.